The van der Waals surface area contributed by atoms with Crippen molar-refractivity contribution in [2.45, 2.75) is 25.8 Å². The first-order chi connectivity index (χ1) is 6.34. The van der Waals surface area contributed by atoms with Crippen LogP contribution in [0.2, 0.25) is 0 Å². The van der Waals surface area contributed by atoms with E-state index in [1.54, 1.807) is 6.26 Å². The van der Waals surface area contributed by atoms with E-state index >= 15 is 0 Å². The molecule has 0 bridgehead atoms. The molecule has 0 amide bonds. The molecule has 0 aliphatic carbocycles. The van der Waals surface area contributed by atoms with E-state index in [0.29, 0.717) is 6.04 Å². The zero-order valence-electron chi connectivity index (χ0n) is 8.12. The van der Waals surface area contributed by atoms with Gasteiger partial charge in [-0.1, -0.05) is 6.08 Å². The predicted molar refractivity (Wildman–Crippen MR) is 54.6 cm³/mol. The summed E-state index contributed by atoms with van der Waals surface area (Å²) in [5, 5.41) is 3.38. The van der Waals surface area contributed by atoms with E-state index in [9.17, 15) is 0 Å². The van der Waals surface area contributed by atoms with Crippen molar-refractivity contribution >= 4 is 0 Å². The summed E-state index contributed by atoms with van der Waals surface area (Å²) < 4.78 is 5.27. The van der Waals surface area contributed by atoms with Gasteiger partial charge in [0, 0.05) is 0 Å². The molecule has 0 aliphatic rings. The van der Waals surface area contributed by atoms with Crippen LogP contribution in [0.1, 0.15) is 31.6 Å². The van der Waals surface area contributed by atoms with Crippen molar-refractivity contribution < 1.29 is 4.42 Å². The van der Waals surface area contributed by atoms with Gasteiger partial charge in [-0.25, -0.2) is 0 Å². The summed E-state index contributed by atoms with van der Waals surface area (Å²) in [5.74, 6) is 0.999. The van der Waals surface area contributed by atoms with E-state index < -0.39 is 0 Å². The summed E-state index contributed by atoms with van der Waals surface area (Å²) >= 11 is 0. The van der Waals surface area contributed by atoms with Gasteiger partial charge in [-0.3, -0.25) is 0 Å². The van der Waals surface area contributed by atoms with Crippen molar-refractivity contribution in [3.8, 4) is 0 Å². The van der Waals surface area contributed by atoms with Gasteiger partial charge in [-0.15, -0.1) is 6.58 Å². The lowest BCUT2D eigenvalue weighted by Gasteiger charge is -2.09. The molecule has 1 atom stereocenters. The smallest absolute Gasteiger partial charge is 0.120 e. The first-order valence-electron chi connectivity index (χ1n) is 4.72. The third kappa shape index (κ3) is 3.47. The van der Waals surface area contributed by atoms with E-state index in [1.165, 1.54) is 0 Å². The maximum atomic E-state index is 5.27. The molecule has 1 heterocycles. The number of hydrogen-bond donors (Lipinski definition) is 1. The number of unbranched alkanes of at least 4 members (excludes halogenated alkanes) is 1. The lowest BCUT2D eigenvalue weighted by molar-refractivity contribution is 0.429. The fraction of sp³-hybridized carbons (Fsp3) is 0.455. The van der Waals surface area contributed by atoms with Crippen molar-refractivity contribution in [2.75, 3.05) is 6.54 Å². The van der Waals surface area contributed by atoms with Crippen LogP contribution in [-0.4, -0.2) is 6.54 Å². The van der Waals surface area contributed by atoms with Crippen LogP contribution in [0.15, 0.2) is 35.5 Å². The van der Waals surface area contributed by atoms with Crippen LogP contribution in [0.3, 0.4) is 0 Å². The Hall–Kier alpha value is -1.02. The molecule has 0 radical (unpaired) electrons. The Kier molecular flexibility index (Phi) is 4.33. The molecule has 2 nitrogen and oxygen atoms in total. The van der Waals surface area contributed by atoms with Gasteiger partial charge < -0.3 is 9.73 Å². The SMILES string of the molecule is C=CCCCN[C@@H](C)c1ccco1. The molecule has 0 saturated carbocycles. The fourth-order valence-corrected chi connectivity index (χ4v) is 1.20. The standard InChI is InChI=1S/C11H17NO/c1-3-4-5-8-12-10(2)11-7-6-9-13-11/h3,6-7,9-10,12H,1,4-5,8H2,2H3/t10-/m0/s1. The Morgan fingerprint density at radius 1 is 1.69 bits per heavy atom. The fourth-order valence-electron chi connectivity index (χ4n) is 1.20. The number of furan rings is 1. The molecular weight excluding hydrogens is 162 g/mol. The summed E-state index contributed by atoms with van der Waals surface area (Å²) in [7, 11) is 0. The van der Waals surface area contributed by atoms with Gasteiger partial charge in [-0.05, 0) is 38.4 Å². The number of rotatable bonds is 6. The molecule has 0 aromatic carbocycles. The maximum absolute atomic E-state index is 5.27. The third-order valence-electron chi connectivity index (χ3n) is 2.01. The average molecular weight is 179 g/mol. The largest absolute Gasteiger partial charge is 0.468 e. The highest BCUT2D eigenvalue weighted by Gasteiger charge is 2.05. The number of nitrogens with one attached hydrogen (secondary N) is 1. The van der Waals surface area contributed by atoms with Crippen molar-refractivity contribution in [3.63, 3.8) is 0 Å². The van der Waals surface area contributed by atoms with Gasteiger partial charge in [0.1, 0.15) is 5.76 Å². The van der Waals surface area contributed by atoms with Crippen molar-refractivity contribution in [3.05, 3.63) is 36.8 Å². The quantitative estimate of drug-likeness (QED) is 0.536. The predicted octanol–water partition coefficient (Wildman–Crippen LogP) is 2.90. The molecular formula is C11H17NO. The van der Waals surface area contributed by atoms with Gasteiger partial charge in [-0.2, -0.15) is 0 Å². The minimum absolute atomic E-state index is 0.305. The zero-order chi connectivity index (χ0) is 9.52. The van der Waals surface area contributed by atoms with Crippen LogP contribution < -0.4 is 5.32 Å². The second-order valence-corrected chi connectivity index (χ2v) is 3.12. The lowest BCUT2D eigenvalue weighted by atomic mass is 10.2. The van der Waals surface area contributed by atoms with Crippen LogP contribution in [0.25, 0.3) is 0 Å². The Morgan fingerprint density at radius 3 is 3.15 bits per heavy atom. The summed E-state index contributed by atoms with van der Waals surface area (Å²) in [6.07, 6.45) is 5.85. The Labute approximate surface area is 79.6 Å². The highest BCUT2D eigenvalue weighted by Crippen LogP contribution is 2.11. The highest BCUT2D eigenvalue weighted by molar-refractivity contribution is 5.02. The molecule has 0 fully saturated rings. The monoisotopic (exact) mass is 179 g/mol. The molecule has 1 aromatic rings. The third-order valence-corrected chi connectivity index (χ3v) is 2.01. The number of allylic oxidation sites excluding steroid dienone is 1. The number of hydrogen-bond acceptors (Lipinski definition) is 2. The van der Waals surface area contributed by atoms with E-state index in [-0.39, 0.29) is 0 Å². The Bertz CT molecular complexity index is 228. The molecule has 1 N–H and O–H groups in total. The van der Waals surface area contributed by atoms with Crippen molar-refractivity contribution in [1.82, 2.24) is 5.32 Å². The van der Waals surface area contributed by atoms with Crippen LogP contribution in [0, 0.1) is 0 Å². The van der Waals surface area contributed by atoms with E-state index in [1.807, 2.05) is 18.2 Å². The lowest BCUT2D eigenvalue weighted by Crippen LogP contribution is -2.19. The van der Waals surface area contributed by atoms with Gasteiger partial charge >= 0.3 is 0 Å². The second kappa shape index (κ2) is 5.60. The zero-order valence-corrected chi connectivity index (χ0v) is 8.12. The Morgan fingerprint density at radius 2 is 2.54 bits per heavy atom. The Balaban J connectivity index is 2.18. The van der Waals surface area contributed by atoms with Crippen LogP contribution in [0.5, 0.6) is 0 Å². The summed E-state index contributed by atoms with van der Waals surface area (Å²) in [5.41, 5.74) is 0. The van der Waals surface area contributed by atoms with Gasteiger partial charge in [0.15, 0.2) is 0 Å². The molecule has 0 unspecified atom stereocenters. The normalized spacial score (nSPS) is 12.7. The molecule has 0 aliphatic heterocycles. The summed E-state index contributed by atoms with van der Waals surface area (Å²) in [6.45, 7) is 6.79. The molecule has 1 rings (SSSR count). The van der Waals surface area contributed by atoms with Crippen LogP contribution in [0.4, 0.5) is 0 Å². The minimum atomic E-state index is 0.305. The van der Waals surface area contributed by atoms with E-state index in [0.717, 1.165) is 25.1 Å². The van der Waals surface area contributed by atoms with Gasteiger partial charge in [0.05, 0.1) is 12.3 Å². The van der Waals surface area contributed by atoms with Gasteiger partial charge in [0.2, 0.25) is 0 Å². The first-order valence-corrected chi connectivity index (χ1v) is 4.72. The molecule has 72 valence electrons. The van der Waals surface area contributed by atoms with E-state index in [2.05, 4.69) is 18.8 Å². The topological polar surface area (TPSA) is 25.2 Å². The van der Waals surface area contributed by atoms with Crippen LogP contribution >= 0.6 is 0 Å². The summed E-state index contributed by atoms with van der Waals surface area (Å²) in [4.78, 5) is 0. The first kappa shape index (κ1) is 10.1. The average Bonchev–Trinajstić information content (AvgIpc) is 2.65. The molecule has 0 spiro atoms. The molecule has 0 saturated heterocycles. The summed E-state index contributed by atoms with van der Waals surface area (Å²) in [6, 6.07) is 4.21. The molecule has 13 heavy (non-hydrogen) atoms. The van der Waals surface area contributed by atoms with E-state index in [4.69, 9.17) is 4.42 Å². The molecule has 1 aromatic heterocycles. The second-order valence-electron chi connectivity index (χ2n) is 3.12. The minimum Gasteiger partial charge on any atom is -0.468 e. The maximum Gasteiger partial charge on any atom is 0.120 e. The molecule has 2 heteroatoms. The van der Waals surface area contributed by atoms with Crippen LogP contribution in [-0.2, 0) is 0 Å². The van der Waals surface area contributed by atoms with Crippen molar-refractivity contribution in [2.24, 2.45) is 0 Å². The van der Waals surface area contributed by atoms with Crippen molar-refractivity contribution in [1.29, 1.82) is 0 Å². The van der Waals surface area contributed by atoms with Gasteiger partial charge in [0.25, 0.3) is 0 Å². The highest BCUT2D eigenvalue weighted by atomic mass is 16.3.